The molecule has 0 spiro atoms. The van der Waals surface area contributed by atoms with Crippen LogP contribution in [0, 0.1) is 6.92 Å². The first-order valence-electron chi connectivity index (χ1n) is 9.09. The zero-order chi connectivity index (χ0) is 21.6. The van der Waals surface area contributed by atoms with Gasteiger partial charge >= 0.3 is 0 Å². The summed E-state index contributed by atoms with van der Waals surface area (Å²) in [5.74, 6) is -0.573. The van der Waals surface area contributed by atoms with Gasteiger partial charge in [-0.15, -0.1) is 0 Å². The van der Waals surface area contributed by atoms with E-state index in [1.807, 2.05) is 6.07 Å². The summed E-state index contributed by atoms with van der Waals surface area (Å²) in [6.45, 7) is 1.37. The fourth-order valence-electron chi connectivity index (χ4n) is 2.79. The zero-order valence-electron chi connectivity index (χ0n) is 16.2. The Bertz CT molecular complexity index is 1170. The first-order valence-corrected chi connectivity index (χ1v) is 10.9. The summed E-state index contributed by atoms with van der Waals surface area (Å²) >= 11 is 5.92. The summed E-state index contributed by atoms with van der Waals surface area (Å²) in [5, 5.41) is 4.45. The number of amides is 1. The minimum Gasteiger partial charge on any atom is -0.271 e. The van der Waals surface area contributed by atoms with E-state index in [9.17, 15) is 13.2 Å². The van der Waals surface area contributed by atoms with E-state index >= 15 is 0 Å². The number of para-hydroxylation sites is 1. The minimum atomic E-state index is -3.95. The summed E-state index contributed by atoms with van der Waals surface area (Å²) in [4.78, 5) is 12.6. The zero-order valence-corrected chi connectivity index (χ0v) is 17.8. The number of hydrogen-bond donors (Lipinski definition) is 1. The summed E-state index contributed by atoms with van der Waals surface area (Å²) in [5.41, 5.74) is 4.23. The molecule has 3 aromatic rings. The third-order valence-corrected chi connectivity index (χ3v) is 6.26. The second-order valence-corrected chi connectivity index (χ2v) is 8.76. The highest BCUT2D eigenvalue weighted by atomic mass is 35.5. The van der Waals surface area contributed by atoms with E-state index in [1.165, 1.54) is 18.3 Å². The molecule has 0 saturated heterocycles. The Morgan fingerprint density at radius 1 is 1.03 bits per heavy atom. The van der Waals surface area contributed by atoms with Crippen LogP contribution >= 0.6 is 11.6 Å². The van der Waals surface area contributed by atoms with E-state index in [0.717, 1.165) is 9.87 Å². The molecule has 0 saturated carbocycles. The summed E-state index contributed by atoms with van der Waals surface area (Å²) < 4.78 is 27.6. The minimum absolute atomic E-state index is 0.100. The van der Waals surface area contributed by atoms with Gasteiger partial charge in [-0.2, -0.15) is 5.10 Å². The molecule has 0 unspecified atom stereocenters. The van der Waals surface area contributed by atoms with Crippen molar-refractivity contribution in [3.63, 3.8) is 0 Å². The van der Waals surface area contributed by atoms with Gasteiger partial charge in [0.1, 0.15) is 6.54 Å². The summed E-state index contributed by atoms with van der Waals surface area (Å²) in [6.07, 6.45) is 1.44. The van der Waals surface area contributed by atoms with Crippen molar-refractivity contribution in [1.29, 1.82) is 0 Å². The van der Waals surface area contributed by atoms with Crippen molar-refractivity contribution in [2.75, 3.05) is 10.8 Å². The van der Waals surface area contributed by atoms with Gasteiger partial charge < -0.3 is 0 Å². The molecule has 0 bridgehead atoms. The van der Waals surface area contributed by atoms with E-state index in [4.69, 9.17) is 11.6 Å². The number of aryl methyl sites for hydroxylation is 1. The molecule has 8 heteroatoms. The topological polar surface area (TPSA) is 78.8 Å². The average Bonchev–Trinajstić information content (AvgIpc) is 2.73. The van der Waals surface area contributed by atoms with E-state index < -0.39 is 22.5 Å². The molecule has 3 rings (SSSR count). The molecule has 0 aliphatic carbocycles. The van der Waals surface area contributed by atoms with Gasteiger partial charge in [0.05, 0.1) is 16.8 Å². The van der Waals surface area contributed by atoms with Crippen LogP contribution in [0.3, 0.4) is 0 Å². The number of carbonyl (C=O) groups excluding carboxylic acids is 1. The Morgan fingerprint density at radius 3 is 2.43 bits per heavy atom. The van der Waals surface area contributed by atoms with E-state index in [2.05, 4.69) is 10.5 Å². The molecule has 1 amide bonds. The lowest BCUT2D eigenvalue weighted by atomic mass is 10.2. The van der Waals surface area contributed by atoms with Crippen LogP contribution < -0.4 is 9.73 Å². The highest BCUT2D eigenvalue weighted by molar-refractivity contribution is 7.92. The van der Waals surface area contributed by atoms with Crippen molar-refractivity contribution in [2.24, 2.45) is 5.10 Å². The molecule has 1 N–H and O–H groups in total. The predicted octanol–water partition coefficient (Wildman–Crippen LogP) is 3.99. The fraction of sp³-hybridized carbons (Fsp3) is 0.0909. The van der Waals surface area contributed by atoms with Crippen molar-refractivity contribution in [3.05, 3.63) is 95.0 Å². The molecule has 3 aromatic carbocycles. The number of benzene rings is 3. The van der Waals surface area contributed by atoms with Crippen LogP contribution in [-0.4, -0.2) is 27.1 Å². The van der Waals surface area contributed by atoms with Crippen molar-refractivity contribution in [1.82, 2.24) is 5.43 Å². The largest absolute Gasteiger partial charge is 0.271 e. The predicted molar refractivity (Wildman–Crippen MR) is 119 cm³/mol. The van der Waals surface area contributed by atoms with E-state index in [1.54, 1.807) is 67.6 Å². The Labute approximate surface area is 180 Å². The van der Waals surface area contributed by atoms with Crippen molar-refractivity contribution < 1.29 is 13.2 Å². The van der Waals surface area contributed by atoms with Gasteiger partial charge in [-0.3, -0.25) is 9.10 Å². The molecular formula is C22H20ClN3O3S. The van der Waals surface area contributed by atoms with Gasteiger partial charge in [0, 0.05) is 5.02 Å². The highest BCUT2D eigenvalue weighted by Crippen LogP contribution is 2.26. The first-order chi connectivity index (χ1) is 14.4. The lowest BCUT2D eigenvalue weighted by Crippen LogP contribution is -2.40. The molecule has 30 heavy (non-hydrogen) atoms. The summed E-state index contributed by atoms with van der Waals surface area (Å²) in [6, 6.07) is 21.9. The van der Waals surface area contributed by atoms with Crippen LogP contribution in [0.5, 0.6) is 0 Å². The molecular weight excluding hydrogens is 422 g/mol. The Balaban J connectivity index is 1.84. The number of carbonyl (C=O) groups is 1. The number of halogens is 1. The maximum atomic E-state index is 13.2. The molecule has 0 radical (unpaired) electrons. The third-order valence-electron chi connectivity index (χ3n) is 4.25. The van der Waals surface area contributed by atoms with Crippen LogP contribution in [0.15, 0.2) is 88.9 Å². The number of anilines is 1. The van der Waals surface area contributed by atoms with Crippen LogP contribution in [-0.2, 0) is 14.8 Å². The molecule has 0 aromatic heterocycles. The SMILES string of the molecule is Cc1ccccc1N(CC(=O)N/N=C\c1cccc(Cl)c1)S(=O)(=O)c1ccccc1. The third kappa shape index (κ3) is 5.25. The van der Waals surface area contributed by atoms with Crippen LogP contribution in [0.2, 0.25) is 5.02 Å². The molecule has 0 atom stereocenters. The number of sulfonamides is 1. The smallest absolute Gasteiger partial charge is 0.264 e. The molecule has 6 nitrogen and oxygen atoms in total. The number of nitrogens with zero attached hydrogens (tertiary/aromatic N) is 2. The quantitative estimate of drug-likeness (QED) is 0.444. The van der Waals surface area contributed by atoms with Crippen LogP contribution in [0.25, 0.3) is 0 Å². The average molecular weight is 442 g/mol. The monoisotopic (exact) mass is 441 g/mol. The van der Waals surface area contributed by atoms with Crippen LogP contribution in [0.1, 0.15) is 11.1 Å². The first kappa shape index (κ1) is 21.5. The lowest BCUT2D eigenvalue weighted by molar-refractivity contribution is -0.119. The van der Waals surface area contributed by atoms with Crippen molar-refractivity contribution in [2.45, 2.75) is 11.8 Å². The van der Waals surface area contributed by atoms with Gasteiger partial charge in [0.25, 0.3) is 15.9 Å². The molecule has 154 valence electrons. The molecule has 0 fully saturated rings. The van der Waals surface area contributed by atoms with Gasteiger partial charge in [0.15, 0.2) is 0 Å². The van der Waals surface area contributed by atoms with Gasteiger partial charge in [0.2, 0.25) is 0 Å². The summed E-state index contributed by atoms with van der Waals surface area (Å²) in [7, 11) is -3.95. The normalized spacial score (nSPS) is 11.4. The van der Waals surface area contributed by atoms with Crippen LogP contribution in [0.4, 0.5) is 5.69 Å². The highest BCUT2D eigenvalue weighted by Gasteiger charge is 2.27. The van der Waals surface area contributed by atoms with E-state index in [0.29, 0.717) is 16.3 Å². The maximum Gasteiger partial charge on any atom is 0.264 e. The maximum absolute atomic E-state index is 13.2. The van der Waals surface area contributed by atoms with Gasteiger partial charge in [-0.05, 0) is 48.4 Å². The van der Waals surface area contributed by atoms with Gasteiger partial charge in [-0.1, -0.05) is 60.1 Å². The lowest BCUT2D eigenvalue weighted by Gasteiger charge is -2.25. The Hall–Kier alpha value is -3.16. The second-order valence-electron chi connectivity index (χ2n) is 6.46. The van der Waals surface area contributed by atoms with E-state index in [-0.39, 0.29) is 4.90 Å². The number of nitrogens with one attached hydrogen (secondary N) is 1. The van der Waals surface area contributed by atoms with Crippen molar-refractivity contribution >= 4 is 39.4 Å². The standard InChI is InChI=1S/C22H20ClN3O3S/c1-17-8-5-6-13-21(17)26(30(28,29)20-11-3-2-4-12-20)16-22(27)25-24-15-18-9-7-10-19(23)14-18/h2-15H,16H2,1H3,(H,25,27)/b24-15-. The Morgan fingerprint density at radius 2 is 1.73 bits per heavy atom. The Kier molecular flexibility index (Phi) is 6.87. The fourth-order valence-corrected chi connectivity index (χ4v) is 4.50. The molecule has 0 aliphatic rings. The molecule has 0 aliphatic heterocycles. The number of hydrazone groups is 1. The second kappa shape index (κ2) is 9.56. The van der Waals surface area contributed by atoms with Gasteiger partial charge in [-0.25, -0.2) is 13.8 Å². The number of rotatable bonds is 7. The molecule has 0 heterocycles. The van der Waals surface area contributed by atoms with Crippen molar-refractivity contribution in [3.8, 4) is 0 Å². The number of hydrogen-bond acceptors (Lipinski definition) is 4.